The summed E-state index contributed by atoms with van der Waals surface area (Å²) in [5.41, 5.74) is 1.50. The van der Waals surface area contributed by atoms with E-state index in [-0.39, 0.29) is 11.9 Å². The van der Waals surface area contributed by atoms with E-state index in [0.717, 1.165) is 38.2 Å². The van der Waals surface area contributed by atoms with Gasteiger partial charge in [-0.05, 0) is 31.0 Å². The number of urea groups is 1. The SMILES string of the molecule is O=C1CN(c2ccc(NC(=O)N3CCCCCC3)cc2Cl)CCN1. The maximum Gasteiger partial charge on any atom is 0.321 e. The predicted molar refractivity (Wildman–Crippen MR) is 95.7 cm³/mol. The number of anilines is 2. The number of benzene rings is 1. The Kier molecular flexibility index (Phi) is 5.45. The zero-order valence-electron chi connectivity index (χ0n) is 13.7. The van der Waals surface area contributed by atoms with Gasteiger partial charge in [0.1, 0.15) is 0 Å². The molecule has 6 nitrogen and oxygen atoms in total. The van der Waals surface area contributed by atoms with E-state index < -0.39 is 0 Å². The van der Waals surface area contributed by atoms with Gasteiger partial charge in [-0.3, -0.25) is 4.79 Å². The van der Waals surface area contributed by atoms with Gasteiger partial charge in [0.15, 0.2) is 0 Å². The number of halogens is 1. The monoisotopic (exact) mass is 350 g/mol. The normalized spacial score (nSPS) is 18.8. The number of carbonyl (C=O) groups is 2. The Labute approximate surface area is 147 Å². The average molecular weight is 351 g/mol. The van der Waals surface area contributed by atoms with E-state index in [2.05, 4.69) is 10.6 Å². The number of nitrogens with zero attached hydrogens (tertiary/aromatic N) is 2. The van der Waals surface area contributed by atoms with Crippen molar-refractivity contribution < 1.29 is 9.59 Å². The first kappa shape index (κ1) is 16.9. The van der Waals surface area contributed by atoms with E-state index in [0.29, 0.717) is 23.8 Å². The van der Waals surface area contributed by atoms with E-state index in [9.17, 15) is 9.59 Å². The molecule has 1 aromatic rings. The quantitative estimate of drug-likeness (QED) is 0.862. The van der Waals surface area contributed by atoms with Crippen LogP contribution in [0.15, 0.2) is 18.2 Å². The van der Waals surface area contributed by atoms with Gasteiger partial charge in [-0.2, -0.15) is 0 Å². The number of likely N-dealkylation sites (tertiary alicyclic amines) is 1. The maximum absolute atomic E-state index is 12.4. The lowest BCUT2D eigenvalue weighted by atomic mass is 10.2. The minimum absolute atomic E-state index is 0.00383. The van der Waals surface area contributed by atoms with Crippen LogP contribution in [0.5, 0.6) is 0 Å². The molecule has 2 N–H and O–H groups in total. The van der Waals surface area contributed by atoms with Crippen LogP contribution in [-0.4, -0.2) is 49.6 Å². The summed E-state index contributed by atoms with van der Waals surface area (Å²) in [4.78, 5) is 27.7. The van der Waals surface area contributed by atoms with Gasteiger partial charge in [0.2, 0.25) is 5.91 Å². The highest BCUT2D eigenvalue weighted by Gasteiger charge is 2.20. The van der Waals surface area contributed by atoms with Crippen molar-refractivity contribution in [2.24, 2.45) is 0 Å². The summed E-state index contributed by atoms with van der Waals surface area (Å²) >= 11 is 6.37. The van der Waals surface area contributed by atoms with Gasteiger partial charge in [-0.15, -0.1) is 0 Å². The Morgan fingerprint density at radius 3 is 2.54 bits per heavy atom. The lowest BCUT2D eigenvalue weighted by Gasteiger charge is -2.29. The minimum atomic E-state index is -0.0712. The number of carbonyl (C=O) groups excluding carboxylic acids is 2. The summed E-state index contributed by atoms with van der Waals surface area (Å²) in [5.74, 6) is -0.00383. The first-order valence-corrected chi connectivity index (χ1v) is 8.88. The maximum atomic E-state index is 12.4. The van der Waals surface area contributed by atoms with Crippen LogP contribution < -0.4 is 15.5 Å². The molecule has 2 heterocycles. The number of nitrogens with one attached hydrogen (secondary N) is 2. The lowest BCUT2D eigenvalue weighted by molar-refractivity contribution is -0.120. The third-order valence-corrected chi connectivity index (χ3v) is 4.77. The summed E-state index contributed by atoms with van der Waals surface area (Å²) in [5, 5.41) is 6.26. The van der Waals surface area contributed by atoms with Gasteiger partial charge >= 0.3 is 6.03 Å². The molecule has 0 bridgehead atoms. The molecule has 2 aliphatic heterocycles. The Morgan fingerprint density at radius 1 is 1.12 bits per heavy atom. The molecule has 3 rings (SSSR count). The van der Waals surface area contributed by atoms with Gasteiger partial charge in [-0.1, -0.05) is 24.4 Å². The molecule has 0 aromatic heterocycles. The van der Waals surface area contributed by atoms with Crippen molar-refractivity contribution in [3.63, 3.8) is 0 Å². The topological polar surface area (TPSA) is 64.7 Å². The van der Waals surface area contributed by atoms with E-state index in [1.165, 1.54) is 12.8 Å². The summed E-state index contributed by atoms with van der Waals surface area (Å²) in [6.45, 7) is 3.26. The largest absolute Gasteiger partial charge is 0.359 e. The van der Waals surface area contributed by atoms with Gasteiger partial charge < -0.3 is 20.4 Å². The molecule has 2 fully saturated rings. The van der Waals surface area contributed by atoms with Crippen LogP contribution in [0.2, 0.25) is 5.02 Å². The first-order chi connectivity index (χ1) is 11.6. The molecule has 3 amide bonds. The molecule has 0 saturated carbocycles. The second-order valence-electron chi connectivity index (χ2n) is 6.27. The number of amides is 3. The fourth-order valence-electron chi connectivity index (χ4n) is 3.16. The van der Waals surface area contributed by atoms with Crippen LogP contribution in [0.25, 0.3) is 0 Å². The molecular weight excluding hydrogens is 328 g/mol. The van der Waals surface area contributed by atoms with E-state index in [1.807, 2.05) is 21.9 Å². The molecule has 2 saturated heterocycles. The fraction of sp³-hybridized carbons (Fsp3) is 0.529. The Bertz CT molecular complexity index is 615. The van der Waals surface area contributed by atoms with E-state index in [4.69, 9.17) is 11.6 Å². The Hall–Kier alpha value is -1.95. The van der Waals surface area contributed by atoms with Crippen LogP contribution in [0.3, 0.4) is 0 Å². The predicted octanol–water partition coefficient (Wildman–Crippen LogP) is 2.68. The number of hydrogen-bond donors (Lipinski definition) is 2. The van der Waals surface area contributed by atoms with Crippen LogP contribution in [0.1, 0.15) is 25.7 Å². The zero-order valence-corrected chi connectivity index (χ0v) is 14.4. The Morgan fingerprint density at radius 2 is 1.88 bits per heavy atom. The van der Waals surface area contributed by atoms with Gasteiger partial charge in [0.05, 0.1) is 17.3 Å². The van der Waals surface area contributed by atoms with Crippen molar-refractivity contribution >= 4 is 34.9 Å². The van der Waals surface area contributed by atoms with Gasteiger partial charge in [-0.25, -0.2) is 4.79 Å². The van der Waals surface area contributed by atoms with E-state index in [1.54, 1.807) is 6.07 Å². The standard InChI is InChI=1S/C17H23ClN4O2/c18-14-11-13(20-17(24)21-8-3-1-2-4-9-21)5-6-15(14)22-10-7-19-16(23)12-22/h5-6,11H,1-4,7-10,12H2,(H,19,23)(H,20,24). The minimum Gasteiger partial charge on any atom is -0.359 e. The molecule has 0 unspecified atom stereocenters. The van der Waals surface area contributed by atoms with E-state index >= 15 is 0 Å². The molecule has 2 aliphatic rings. The summed E-state index contributed by atoms with van der Waals surface area (Å²) in [6.07, 6.45) is 4.50. The molecule has 130 valence electrons. The van der Waals surface area contributed by atoms with Gasteiger partial charge in [0.25, 0.3) is 0 Å². The third kappa shape index (κ3) is 4.12. The number of hydrogen-bond acceptors (Lipinski definition) is 3. The Balaban J connectivity index is 1.65. The number of rotatable bonds is 2. The van der Waals surface area contributed by atoms with Crippen molar-refractivity contribution in [3.8, 4) is 0 Å². The molecule has 7 heteroatoms. The van der Waals surface area contributed by atoms with Crippen molar-refractivity contribution in [3.05, 3.63) is 23.2 Å². The van der Waals surface area contributed by atoms with Crippen LogP contribution in [-0.2, 0) is 4.79 Å². The lowest BCUT2D eigenvalue weighted by Crippen LogP contribution is -2.47. The summed E-state index contributed by atoms with van der Waals surface area (Å²) in [6, 6.07) is 5.37. The first-order valence-electron chi connectivity index (χ1n) is 8.50. The number of piperazine rings is 1. The molecule has 24 heavy (non-hydrogen) atoms. The highest BCUT2D eigenvalue weighted by molar-refractivity contribution is 6.33. The van der Waals surface area contributed by atoms with Crippen molar-refractivity contribution in [2.75, 3.05) is 42.9 Å². The molecule has 0 radical (unpaired) electrons. The highest BCUT2D eigenvalue weighted by Crippen LogP contribution is 2.29. The second-order valence-corrected chi connectivity index (χ2v) is 6.68. The summed E-state index contributed by atoms with van der Waals surface area (Å²) in [7, 11) is 0. The molecule has 1 aromatic carbocycles. The zero-order chi connectivity index (χ0) is 16.9. The van der Waals surface area contributed by atoms with Crippen LogP contribution >= 0.6 is 11.6 Å². The van der Waals surface area contributed by atoms with Gasteiger partial charge in [0, 0.05) is 31.9 Å². The second kappa shape index (κ2) is 7.75. The molecule has 0 spiro atoms. The van der Waals surface area contributed by atoms with Crippen molar-refractivity contribution in [1.29, 1.82) is 0 Å². The molecular formula is C17H23ClN4O2. The third-order valence-electron chi connectivity index (χ3n) is 4.47. The molecule has 0 atom stereocenters. The van der Waals surface area contributed by atoms with Crippen LogP contribution in [0.4, 0.5) is 16.2 Å². The van der Waals surface area contributed by atoms with Crippen LogP contribution in [0, 0.1) is 0 Å². The fourth-order valence-corrected chi connectivity index (χ4v) is 3.46. The van der Waals surface area contributed by atoms with Crippen molar-refractivity contribution in [1.82, 2.24) is 10.2 Å². The smallest absolute Gasteiger partial charge is 0.321 e. The molecule has 0 aliphatic carbocycles. The van der Waals surface area contributed by atoms with Crippen molar-refractivity contribution in [2.45, 2.75) is 25.7 Å². The summed E-state index contributed by atoms with van der Waals surface area (Å²) < 4.78 is 0. The average Bonchev–Trinajstić information content (AvgIpc) is 2.84. The highest BCUT2D eigenvalue weighted by atomic mass is 35.5.